The standard InChI is InChI=1S/C13H22N2O4/c1-12(5-8-19-9-6-12)14-11(18)15-7-3-4-13(15,2)10(16)17/h3-9H2,1-2H3,(H,14,18)(H,16,17). The van der Waals surface area contributed by atoms with Gasteiger partial charge in [0.15, 0.2) is 0 Å². The topological polar surface area (TPSA) is 78.9 Å². The summed E-state index contributed by atoms with van der Waals surface area (Å²) < 4.78 is 5.29. The monoisotopic (exact) mass is 270 g/mol. The van der Waals surface area contributed by atoms with E-state index in [0.717, 1.165) is 19.3 Å². The molecule has 2 heterocycles. The van der Waals surface area contributed by atoms with Gasteiger partial charge in [0.25, 0.3) is 0 Å². The van der Waals surface area contributed by atoms with Crippen LogP contribution in [0, 0.1) is 0 Å². The molecule has 0 aliphatic carbocycles. The molecule has 2 aliphatic heterocycles. The number of hydrogen-bond acceptors (Lipinski definition) is 3. The molecule has 2 rings (SSSR count). The lowest BCUT2D eigenvalue weighted by Crippen LogP contribution is -2.59. The minimum atomic E-state index is -1.08. The van der Waals surface area contributed by atoms with Crippen molar-refractivity contribution >= 4 is 12.0 Å². The second-order valence-electron chi connectivity index (χ2n) is 5.94. The molecule has 6 heteroatoms. The number of ether oxygens (including phenoxy) is 1. The minimum absolute atomic E-state index is 0.271. The van der Waals surface area contributed by atoms with Crippen molar-refractivity contribution < 1.29 is 19.4 Å². The fourth-order valence-electron chi connectivity index (χ4n) is 2.78. The first-order valence-corrected chi connectivity index (χ1v) is 6.78. The average Bonchev–Trinajstić information content (AvgIpc) is 2.73. The van der Waals surface area contributed by atoms with E-state index in [1.165, 1.54) is 4.90 Å². The van der Waals surface area contributed by atoms with Crippen LogP contribution < -0.4 is 5.32 Å². The van der Waals surface area contributed by atoms with Gasteiger partial charge in [0, 0.05) is 25.3 Å². The normalized spacial score (nSPS) is 30.1. The average molecular weight is 270 g/mol. The summed E-state index contributed by atoms with van der Waals surface area (Å²) in [6, 6.07) is -0.271. The molecule has 1 atom stereocenters. The predicted molar refractivity (Wildman–Crippen MR) is 69.0 cm³/mol. The van der Waals surface area contributed by atoms with Crippen molar-refractivity contribution in [1.29, 1.82) is 0 Å². The highest BCUT2D eigenvalue weighted by Crippen LogP contribution is 2.30. The first-order valence-electron chi connectivity index (χ1n) is 6.78. The van der Waals surface area contributed by atoms with Gasteiger partial charge in [-0.2, -0.15) is 0 Å². The number of nitrogens with one attached hydrogen (secondary N) is 1. The summed E-state index contributed by atoms with van der Waals surface area (Å²) in [6.07, 6.45) is 2.76. The van der Waals surface area contributed by atoms with Gasteiger partial charge in [0.2, 0.25) is 0 Å². The van der Waals surface area contributed by atoms with Gasteiger partial charge in [-0.1, -0.05) is 0 Å². The summed E-state index contributed by atoms with van der Waals surface area (Å²) >= 11 is 0. The van der Waals surface area contributed by atoms with Crippen LogP contribution in [0.15, 0.2) is 0 Å². The van der Waals surface area contributed by atoms with Crippen LogP contribution >= 0.6 is 0 Å². The summed E-state index contributed by atoms with van der Waals surface area (Å²) in [5, 5.41) is 12.3. The summed E-state index contributed by atoms with van der Waals surface area (Å²) in [5.74, 6) is -0.933. The number of hydrogen-bond donors (Lipinski definition) is 2. The van der Waals surface area contributed by atoms with E-state index in [0.29, 0.717) is 26.2 Å². The van der Waals surface area contributed by atoms with E-state index in [2.05, 4.69) is 5.32 Å². The Kier molecular flexibility index (Phi) is 3.71. The highest BCUT2D eigenvalue weighted by Gasteiger charge is 2.47. The smallest absolute Gasteiger partial charge is 0.329 e. The third-order valence-electron chi connectivity index (χ3n) is 4.35. The number of carboxylic acid groups (broad SMARTS) is 1. The molecule has 0 aromatic carbocycles. The second kappa shape index (κ2) is 5.00. The number of urea groups is 1. The molecule has 0 bridgehead atoms. The Hall–Kier alpha value is -1.30. The molecule has 2 fully saturated rings. The van der Waals surface area contributed by atoms with Crippen LogP contribution in [0.25, 0.3) is 0 Å². The van der Waals surface area contributed by atoms with Gasteiger partial charge in [-0.3, -0.25) is 0 Å². The first kappa shape index (κ1) is 14.1. The van der Waals surface area contributed by atoms with Crippen LogP contribution in [0.3, 0.4) is 0 Å². The van der Waals surface area contributed by atoms with Gasteiger partial charge in [0.05, 0.1) is 0 Å². The Morgan fingerprint density at radius 2 is 1.84 bits per heavy atom. The predicted octanol–water partition coefficient (Wildman–Crippen LogP) is 1.20. The van der Waals surface area contributed by atoms with Gasteiger partial charge in [-0.15, -0.1) is 0 Å². The molecule has 0 spiro atoms. The van der Waals surface area contributed by atoms with Gasteiger partial charge in [-0.25, -0.2) is 9.59 Å². The molecular formula is C13H22N2O4. The molecule has 0 saturated carbocycles. The van der Waals surface area contributed by atoms with Crippen LogP contribution in [0.5, 0.6) is 0 Å². The summed E-state index contributed by atoms with van der Waals surface area (Å²) in [7, 11) is 0. The Labute approximate surface area is 113 Å². The molecule has 19 heavy (non-hydrogen) atoms. The van der Waals surface area contributed by atoms with Crippen molar-refractivity contribution in [2.45, 2.75) is 50.6 Å². The molecule has 0 radical (unpaired) electrons. The molecular weight excluding hydrogens is 248 g/mol. The number of rotatable bonds is 2. The zero-order chi connectivity index (χ0) is 14.1. The summed E-state index contributed by atoms with van der Waals surface area (Å²) in [6.45, 7) is 5.37. The van der Waals surface area contributed by atoms with Crippen molar-refractivity contribution in [3.05, 3.63) is 0 Å². The Bertz CT molecular complexity index is 379. The molecule has 6 nitrogen and oxygen atoms in total. The van der Waals surface area contributed by atoms with Gasteiger partial charge in [-0.05, 0) is 39.5 Å². The van der Waals surface area contributed by atoms with E-state index >= 15 is 0 Å². The van der Waals surface area contributed by atoms with E-state index in [1.807, 2.05) is 6.92 Å². The maximum atomic E-state index is 12.3. The molecule has 2 amide bonds. The lowest BCUT2D eigenvalue weighted by molar-refractivity contribution is -0.147. The lowest BCUT2D eigenvalue weighted by Gasteiger charge is -2.38. The Morgan fingerprint density at radius 3 is 2.42 bits per heavy atom. The number of likely N-dealkylation sites (tertiary alicyclic amines) is 1. The maximum absolute atomic E-state index is 12.3. The van der Waals surface area contributed by atoms with Crippen molar-refractivity contribution in [1.82, 2.24) is 10.2 Å². The van der Waals surface area contributed by atoms with Crippen molar-refractivity contribution in [3.8, 4) is 0 Å². The van der Waals surface area contributed by atoms with Gasteiger partial charge >= 0.3 is 12.0 Å². The van der Waals surface area contributed by atoms with Crippen LogP contribution in [0.2, 0.25) is 0 Å². The van der Waals surface area contributed by atoms with E-state index in [-0.39, 0.29) is 11.6 Å². The van der Waals surface area contributed by atoms with Crippen LogP contribution in [-0.2, 0) is 9.53 Å². The van der Waals surface area contributed by atoms with E-state index in [4.69, 9.17) is 4.74 Å². The number of amides is 2. The van der Waals surface area contributed by atoms with Crippen LogP contribution in [0.1, 0.15) is 39.5 Å². The Morgan fingerprint density at radius 1 is 1.21 bits per heavy atom. The highest BCUT2D eigenvalue weighted by atomic mass is 16.5. The summed E-state index contributed by atoms with van der Waals surface area (Å²) in [5.41, 5.74) is -1.37. The second-order valence-corrected chi connectivity index (χ2v) is 5.94. The van der Waals surface area contributed by atoms with Crippen molar-refractivity contribution in [3.63, 3.8) is 0 Å². The van der Waals surface area contributed by atoms with E-state index < -0.39 is 11.5 Å². The fourth-order valence-corrected chi connectivity index (χ4v) is 2.78. The quantitative estimate of drug-likeness (QED) is 0.790. The summed E-state index contributed by atoms with van der Waals surface area (Å²) in [4.78, 5) is 25.2. The zero-order valence-corrected chi connectivity index (χ0v) is 11.6. The fraction of sp³-hybridized carbons (Fsp3) is 0.846. The molecule has 108 valence electrons. The number of aliphatic carboxylic acids is 1. The SMILES string of the molecule is CC1(NC(=O)N2CCCC2(C)C(=O)O)CCOCC1. The third kappa shape index (κ3) is 2.68. The Balaban J connectivity index is 2.05. The van der Waals surface area contributed by atoms with Gasteiger partial charge in [0.1, 0.15) is 5.54 Å². The molecule has 2 N–H and O–H groups in total. The highest BCUT2D eigenvalue weighted by molar-refractivity contribution is 5.86. The van der Waals surface area contributed by atoms with E-state index in [9.17, 15) is 14.7 Å². The van der Waals surface area contributed by atoms with Crippen LogP contribution in [-0.4, -0.2) is 52.8 Å². The largest absolute Gasteiger partial charge is 0.480 e. The molecule has 2 saturated heterocycles. The molecule has 2 aliphatic rings. The van der Waals surface area contributed by atoms with Crippen molar-refractivity contribution in [2.24, 2.45) is 0 Å². The van der Waals surface area contributed by atoms with E-state index in [1.54, 1.807) is 6.92 Å². The first-order chi connectivity index (χ1) is 8.87. The zero-order valence-electron chi connectivity index (χ0n) is 11.6. The molecule has 0 aromatic rings. The van der Waals surface area contributed by atoms with Crippen molar-refractivity contribution in [2.75, 3.05) is 19.8 Å². The lowest BCUT2D eigenvalue weighted by atomic mass is 9.92. The maximum Gasteiger partial charge on any atom is 0.329 e. The van der Waals surface area contributed by atoms with Gasteiger partial charge < -0.3 is 20.1 Å². The number of carbonyl (C=O) groups excluding carboxylic acids is 1. The molecule has 1 unspecified atom stereocenters. The van der Waals surface area contributed by atoms with Crippen LogP contribution in [0.4, 0.5) is 4.79 Å². The number of carbonyl (C=O) groups is 2. The minimum Gasteiger partial charge on any atom is -0.480 e. The molecule has 0 aromatic heterocycles. The number of nitrogens with zero attached hydrogens (tertiary/aromatic N) is 1. The third-order valence-corrected chi connectivity index (χ3v) is 4.35. The number of carboxylic acids is 1.